The number of ether oxygens (including phenoxy) is 1. The fraction of sp³-hybridized carbons (Fsp3) is 0.538. The molecule has 0 bridgehead atoms. The Balaban J connectivity index is 3.13. The molecule has 1 aromatic carbocycles. The third-order valence-electron chi connectivity index (χ3n) is 3.21. The highest BCUT2D eigenvalue weighted by atomic mass is 19.1. The molecule has 1 aromatic rings. The van der Waals surface area contributed by atoms with Crippen LogP contribution < -0.4 is 9.64 Å². The number of nitrogens with zero attached hydrogens (tertiary/aromatic N) is 1. The first kappa shape index (κ1) is 14.7. The summed E-state index contributed by atoms with van der Waals surface area (Å²) in [7, 11) is 2.96. The second kappa shape index (κ2) is 5.52. The van der Waals surface area contributed by atoms with Gasteiger partial charge in [-0.15, -0.1) is 0 Å². The average molecular weight is 259 g/mol. The minimum absolute atomic E-state index is 0.0163. The van der Waals surface area contributed by atoms with E-state index in [0.29, 0.717) is 6.42 Å². The number of rotatable bonds is 5. The Kier molecular flexibility index (Phi) is 4.51. The molecular formula is C13H19F2NO2. The molecule has 0 heterocycles. The van der Waals surface area contributed by atoms with Crippen molar-refractivity contribution in [2.75, 3.05) is 25.7 Å². The molecule has 102 valence electrons. The molecule has 18 heavy (non-hydrogen) atoms. The van der Waals surface area contributed by atoms with Crippen molar-refractivity contribution in [2.45, 2.75) is 25.8 Å². The zero-order valence-corrected chi connectivity index (χ0v) is 11.1. The molecule has 1 N–H and O–H groups in total. The van der Waals surface area contributed by atoms with Crippen LogP contribution >= 0.6 is 0 Å². The highest BCUT2D eigenvalue weighted by Crippen LogP contribution is 2.31. The molecule has 1 rings (SSSR count). The molecule has 0 aliphatic rings. The number of benzene rings is 1. The fourth-order valence-corrected chi connectivity index (χ4v) is 1.70. The molecule has 0 spiro atoms. The minimum Gasteiger partial charge on any atom is -0.494 e. The molecule has 5 heteroatoms. The van der Waals surface area contributed by atoms with Crippen molar-refractivity contribution in [3.63, 3.8) is 0 Å². The quantitative estimate of drug-likeness (QED) is 0.882. The van der Waals surface area contributed by atoms with Gasteiger partial charge in [0.25, 0.3) is 0 Å². The zero-order valence-electron chi connectivity index (χ0n) is 11.1. The van der Waals surface area contributed by atoms with Crippen LogP contribution in [0.4, 0.5) is 14.5 Å². The van der Waals surface area contributed by atoms with E-state index in [9.17, 15) is 8.78 Å². The lowest BCUT2D eigenvalue weighted by Crippen LogP contribution is -2.42. The maximum absolute atomic E-state index is 13.9. The number of halogens is 2. The van der Waals surface area contributed by atoms with Gasteiger partial charge in [-0.25, -0.2) is 8.78 Å². The maximum Gasteiger partial charge on any atom is 0.167 e. The summed E-state index contributed by atoms with van der Waals surface area (Å²) in [5.74, 6) is -1.29. The van der Waals surface area contributed by atoms with Crippen LogP contribution in [0.25, 0.3) is 0 Å². The molecular weight excluding hydrogens is 240 g/mol. The summed E-state index contributed by atoms with van der Waals surface area (Å²) in [6.07, 6.45) is 0.455. The largest absolute Gasteiger partial charge is 0.494 e. The molecule has 0 radical (unpaired) electrons. The van der Waals surface area contributed by atoms with E-state index >= 15 is 0 Å². The van der Waals surface area contributed by atoms with Gasteiger partial charge in [0.05, 0.1) is 12.8 Å². The molecule has 0 fully saturated rings. The summed E-state index contributed by atoms with van der Waals surface area (Å²) in [5, 5.41) is 8.99. The molecule has 0 atom stereocenters. The molecule has 0 unspecified atom stereocenters. The van der Waals surface area contributed by atoms with Crippen molar-refractivity contribution in [3.05, 3.63) is 23.8 Å². The summed E-state index contributed by atoms with van der Waals surface area (Å²) in [6.45, 7) is 3.69. The lowest BCUT2D eigenvalue weighted by atomic mass is 9.98. The molecule has 0 aliphatic heterocycles. The normalized spacial score (nSPS) is 11.5. The van der Waals surface area contributed by atoms with E-state index in [1.165, 1.54) is 7.11 Å². The van der Waals surface area contributed by atoms with Crippen LogP contribution in [0, 0.1) is 11.6 Å². The van der Waals surface area contributed by atoms with Gasteiger partial charge in [-0.1, -0.05) is 0 Å². The van der Waals surface area contributed by atoms with E-state index in [-0.39, 0.29) is 18.0 Å². The van der Waals surface area contributed by atoms with Crippen molar-refractivity contribution < 1.29 is 18.6 Å². The van der Waals surface area contributed by atoms with Gasteiger partial charge in [0.2, 0.25) is 0 Å². The predicted molar refractivity (Wildman–Crippen MR) is 67.1 cm³/mol. The van der Waals surface area contributed by atoms with Gasteiger partial charge < -0.3 is 14.7 Å². The van der Waals surface area contributed by atoms with Crippen molar-refractivity contribution in [1.29, 1.82) is 0 Å². The Morgan fingerprint density at radius 3 is 2.39 bits per heavy atom. The first-order valence-corrected chi connectivity index (χ1v) is 5.71. The minimum atomic E-state index is -0.611. The number of aliphatic hydroxyl groups excluding tert-OH is 1. The Morgan fingerprint density at radius 2 is 1.89 bits per heavy atom. The number of hydrogen-bond acceptors (Lipinski definition) is 3. The third-order valence-corrected chi connectivity index (χ3v) is 3.21. The van der Waals surface area contributed by atoms with Crippen molar-refractivity contribution in [1.82, 2.24) is 0 Å². The Morgan fingerprint density at radius 1 is 1.28 bits per heavy atom. The van der Waals surface area contributed by atoms with Crippen molar-refractivity contribution in [2.24, 2.45) is 0 Å². The smallest absolute Gasteiger partial charge is 0.167 e. The van der Waals surface area contributed by atoms with Crippen LogP contribution in [-0.4, -0.2) is 31.4 Å². The van der Waals surface area contributed by atoms with Gasteiger partial charge >= 0.3 is 0 Å². The second-order valence-electron chi connectivity index (χ2n) is 4.78. The summed E-state index contributed by atoms with van der Waals surface area (Å²) in [6, 6.07) is 2.13. The van der Waals surface area contributed by atoms with Crippen LogP contribution in [0.2, 0.25) is 0 Å². The van der Waals surface area contributed by atoms with E-state index in [4.69, 9.17) is 9.84 Å². The molecule has 0 aliphatic carbocycles. The first-order valence-electron chi connectivity index (χ1n) is 5.71. The Hall–Kier alpha value is -1.36. The van der Waals surface area contributed by atoms with Gasteiger partial charge in [0.15, 0.2) is 11.6 Å². The SMILES string of the molecule is COc1cc(F)c(N(C)C(C)(C)CCO)cc1F. The van der Waals surface area contributed by atoms with Gasteiger partial charge in [-0.05, 0) is 20.3 Å². The maximum atomic E-state index is 13.9. The summed E-state index contributed by atoms with van der Waals surface area (Å²) < 4.78 is 32.2. The Bertz CT molecular complexity index is 422. The van der Waals surface area contributed by atoms with E-state index < -0.39 is 17.2 Å². The van der Waals surface area contributed by atoms with Crippen LogP contribution in [0.3, 0.4) is 0 Å². The first-order chi connectivity index (χ1) is 8.33. The number of methoxy groups -OCH3 is 1. The lowest BCUT2D eigenvalue weighted by molar-refractivity contribution is 0.250. The molecule has 3 nitrogen and oxygen atoms in total. The van der Waals surface area contributed by atoms with Gasteiger partial charge in [-0.3, -0.25) is 0 Å². The number of anilines is 1. The van der Waals surface area contributed by atoms with Gasteiger partial charge in [0, 0.05) is 31.3 Å². The monoisotopic (exact) mass is 259 g/mol. The van der Waals surface area contributed by atoms with Crippen molar-refractivity contribution in [3.8, 4) is 5.75 Å². The van der Waals surface area contributed by atoms with Gasteiger partial charge in [0.1, 0.15) is 5.82 Å². The molecule has 0 amide bonds. The number of aliphatic hydroxyl groups is 1. The highest BCUT2D eigenvalue weighted by molar-refractivity contribution is 5.52. The standard InChI is InChI=1S/C13H19F2NO2/c1-13(2,5-6-17)16(3)11-7-10(15)12(18-4)8-9(11)14/h7-8,17H,5-6H2,1-4H3. The van der Waals surface area contributed by atoms with Crippen LogP contribution in [0.1, 0.15) is 20.3 Å². The number of hydrogen-bond donors (Lipinski definition) is 1. The van der Waals surface area contributed by atoms with E-state index in [1.807, 2.05) is 13.8 Å². The van der Waals surface area contributed by atoms with E-state index in [0.717, 1.165) is 12.1 Å². The summed E-state index contributed by atoms with van der Waals surface area (Å²) in [4.78, 5) is 1.61. The Labute approximate surface area is 106 Å². The van der Waals surface area contributed by atoms with E-state index in [1.54, 1.807) is 11.9 Å². The topological polar surface area (TPSA) is 32.7 Å². The predicted octanol–water partition coefficient (Wildman–Crippen LogP) is 2.57. The fourth-order valence-electron chi connectivity index (χ4n) is 1.70. The molecule has 0 saturated carbocycles. The molecule has 0 saturated heterocycles. The average Bonchev–Trinajstić information content (AvgIpc) is 2.30. The summed E-state index contributed by atoms with van der Waals surface area (Å²) >= 11 is 0. The van der Waals surface area contributed by atoms with E-state index in [2.05, 4.69) is 0 Å². The van der Waals surface area contributed by atoms with Crippen LogP contribution in [0.15, 0.2) is 12.1 Å². The van der Waals surface area contributed by atoms with Gasteiger partial charge in [-0.2, -0.15) is 0 Å². The summed E-state index contributed by atoms with van der Waals surface area (Å²) in [5.41, 5.74) is -0.330. The van der Waals surface area contributed by atoms with Crippen LogP contribution in [-0.2, 0) is 0 Å². The zero-order chi connectivity index (χ0) is 13.9. The van der Waals surface area contributed by atoms with Crippen molar-refractivity contribution >= 4 is 5.69 Å². The van der Waals surface area contributed by atoms with Crippen LogP contribution in [0.5, 0.6) is 5.75 Å². The molecule has 0 aromatic heterocycles. The highest BCUT2D eigenvalue weighted by Gasteiger charge is 2.26. The lowest BCUT2D eigenvalue weighted by Gasteiger charge is -2.37. The third kappa shape index (κ3) is 2.90. The second-order valence-corrected chi connectivity index (χ2v) is 4.78.